The Bertz CT molecular complexity index is 798. The molecule has 0 radical (unpaired) electrons. The van der Waals surface area contributed by atoms with E-state index in [0.717, 1.165) is 62.4 Å². The van der Waals surface area contributed by atoms with E-state index in [1.807, 2.05) is 28.5 Å². The number of hydrogen-bond acceptors (Lipinski definition) is 7. The van der Waals surface area contributed by atoms with Gasteiger partial charge in [0.05, 0.1) is 32.6 Å². The van der Waals surface area contributed by atoms with Crippen LogP contribution in [-0.2, 0) is 11.3 Å². The third-order valence-electron chi connectivity index (χ3n) is 5.23. The van der Waals surface area contributed by atoms with Crippen LogP contribution in [0.1, 0.15) is 15.5 Å². The minimum atomic E-state index is 0.0316. The van der Waals surface area contributed by atoms with Gasteiger partial charge in [-0.3, -0.25) is 9.69 Å². The number of morpholine rings is 1. The van der Waals surface area contributed by atoms with E-state index in [1.54, 1.807) is 18.4 Å². The molecule has 28 heavy (non-hydrogen) atoms. The molecule has 0 N–H and O–H groups in total. The van der Waals surface area contributed by atoms with Gasteiger partial charge in [0.1, 0.15) is 16.5 Å². The number of para-hydroxylation sites is 2. The zero-order chi connectivity index (χ0) is 19.3. The van der Waals surface area contributed by atoms with E-state index in [-0.39, 0.29) is 5.91 Å². The topological polar surface area (TPSA) is 58.1 Å². The molecular formula is C20H26N4O3S. The molecule has 0 aliphatic carbocycles. The Morgan fingerprint density at radius 2 is 1.89 bits per heavy atom. The molecule has 0 atom stereocenters. The van der Waals surface area contributed by atoms with Crippen molar-refractivity contribution in [2.45, 2.75) is 6.54 Å². The third kappa shape index (κ3) is 4.29. The van der Waals surface area contributed by atoms with Crippen molar-refractivity contribution in [3.63, 3.8) is 0 Å². The first-order valence-electron chi connectivity index (χ1n) is 9.66. The van der Waals surface area contributed by atoms with E-state index in [9.17, 15) is 4.79 Å². The Hall–Kier alpha value is -2.16. The van der Waals surface area contributed by atoms with Gasteiger partial charge in [0.15, 0.2) is 0 Å². The van der Waals surface area contributed by atoms with Crippen LogP contribution in [0.5, 0.6) is 5.75 Å². The second-order valence-corrected chi connectivity index (χ2v) is 7.91. The summed E-state index contributed by atoms with van der Waals surface area (Å²) in [5.74, 6) is 0.902. The Morgan fingerprint density at radius 1 is 1.14 bits per heavy atom. The van der Waals surface area contributed by atoms with Crippen LogP contribution in [0.2, 0.25) is 0 Å². The van der Waals surface area contributed by atoms with Crippen molar-refractivity contribution in [2.24, 2.45) is 0 Å². The second kappa shape index (κ2) is 8.89. The number of amides is 1. The van der Waals surface area contributed by atoms with Crippen LogP contribution in [0.25, 0.3) is 0 Å². The summed E-state index contributed by atoms with van der Waals surface area (Å²) in [5, 5.41) is 2.89. The predicted octanol–water partition coefficient (Wildman–Crippen LogP) is 1.95. The smallest absolute Gasteiger partial charge is 0.273 e. The number of ether oxygens (including phenoxy) is 2. The molecule has 8 heteroatoms. The third-order valence-corrected chi connectivity index (χ3v) is 6.06. The quantitative estimate of drug-likeness (QED) is 0.762. The predicted molar refractivity (Wildman–Crippen MR) is 109 cm³/mol. The fourth-order valence-electron chi connectivity index (χ4n) is 3.64. The second-order valence-electron chi connectivity index (χ2n) is 6.97. The molecule has 2 fully saturated rings. The lowest BCUT2D eigenvalue weighted by Gasteiger charge is -2.36. The average Bonchev–Trinajstić information content (AvgIpc) is 3.22. The monoisotopic (exact) mass is 402 g/mol. The summed E-state index contributed by atoms with van der Waals surface area (Å²) < 4.78 is 10.8. The molecule has 0 spiro atoms. The molecule has 2 aromatic rings. The first kappa shape index (κ1) is 19.2. The van der Waals surface area contributed by atoms with Gasteiger partial charge in [0.25, 0.3) is 5.91 Å². The molecule has 7 nitrogen and oxygen atoms in total. The highest BCUT2D eigenvalue weighted by Crippen LogP contribution is 2.28. The molecule has 3 heterocycles. The number of piperazine rings is 1. The first-order chi connectivity index (χ1) is 13.7. The summed E-state index contributed by atoms with van der Waals surface area (Å²) in [6.45, 7) is 7.14. The lowest BCUT2D eigenvalue weighted by molar-refractivity contribution is 0.0341. The zero-order valence-electron chi connectivity index (χ0n) is 16.2. The van der Waals surface area contributed by atoms with E-state index < -0.39 is 0 Å². The van der Waals surface area contributed by atoms with E-state index >= 15 is 0 Å². The Morgan fingerprint density at radius 3 is 2.64 bits per heavy atom. The number of carbonyl (C=O) groups is 1. The van der Waals surface area contributed by atoms with Crippen molar-refractivity contribution in [1.82, 2.24) is 14.8 Å². The van der Waals surface area contributed by atoms with Crippen LogP contribution < -0.4 is 9.64 Å². The van der Waals surface area contributed by atoms with Crippen LogP contribution in [0.15, 0.2) is 29.6 Å². The fraction of sp³-hybridized carbons (Fsp3) is 0.500. The van der Waals surface area contributed by atoms with Crippen LogP contribution in [0.3, 0.4) is 0 Å². The number of hydrogen-bond donors (Lipinski definition) is 0. The van der Waals surface area contributed by atoms with Crippen molar-refractivity contribution in [3.8, 4) is 5.75 Å². The maximum absolute atomic E-state index is 12.9. The number of carbonyl (C=O) groups excluding carboxylic acids is 1. The van der Waals surface area contributed by atoms with Crippen molar-refractivity contribution < 1.29 is 14.3 Å². The lowest BCUT2D eigenvalue weighted by atomic mass is 10.2. The number of anilines is 1. The molecule has 1 aromatic carbocycles. The number of nitrogens with zero attached hydrogens (tertiary/aromatic N) is 4. The average molecular weight is 403 g/mol. The summed E-state index contributed by atoms with van der Waals surface area (Å²) in [7, 11) is 1.69. The molecule has 1 aromatic heterocycles. The number of thiazole rings is 1. The molecule has 2 aliphatic rings. The van der Waals surface area contributed by atoms with Gasteiger partial charge in [0.2, 0.25) is 0 Å². The molecule has 0 bridgehead atoms. The standard InChI is InChI=1S/C20H26N4O3S/c1-26-18-5-3-2-4-17(18)23-6-8-24(9-7-23)20(25)16-15-28-19(21-16)14-22-10-12-27-13-11-22/h2-5,15H,6-14H2,1H3. The van der Waals surface area contributed by atoms with Crippen LogP contribution in [0, 0.1) is 0 Å². The van der Waals surface area contributed by atoms with Crippen LogP contribution in [-0.4, -0.2) is 80.3 Å². The normalized spacial score (nSPS) is 18.3. The molecule has 150 valence electrons. The largest absolute Gasteiger partial charge is 0.495 e. The Labute approximate surface area is 169 Å². The fourth-order valence-corrected chi connectivity index (χ4v) is 4.45. The lowest BCUT2D eigenvalue weighted by Crippen LogP contribution is -2.49. The van der Waals surface area contributed by atoms with Gasteiger partial charge in [-0.1, -0.05) is 12.1 Å². The zero-order valence-corrected chi connectivity index (χ0v) is 17.0. The molecule has 4 rings (SSSR count). The van der Waals surface area contributed by atoms with Crippen molar-refractivity contribution in [3.05, 3.63) is 40.3 Å². The van der Waals surface area contributed by atoms with E-state index in [0.29, 0.717) is 18.8 Å². The summed E-state index contributed by atoms with van der Waals surface area (Å²) in [4.78, 5) is 24.0. The van der Waals surface area contributed by atoms with Gasteiger partial charge < -0.3 is 19.3 Å². The summed E-state index contributed by atoms with van der Waals surface area (Å²) in [6, 6.07) is 8.02. The van der Waals surface area contributed by atoms with Gasteiger partial charge in [0, 0.05) is 44.6 Å². The number of methoxy groups -OCH3 is 1. The number of aromatic nitrogens is 1. The number of rotatable bonds is 5. The van der Waals surface area contributed by atoms with Gasteiger partial charge in [-0.05, 0) is 12.1 Å². The molecule has 0 saturated carbocycles. The minimum absolute atomic E-state index is 0.0316. The van der Waals surface area contributed by atoms with E-state index in [2.05, 4.69) is 20.9 Å². The summed E-state index contributed by atoms with van der Waals surface area (Å²) >= 11 is 1.57. The molecule has 0 unspecified atom stereocenters. The SMILES string of the molecule is COc1ccccc1N1CCN(C(=O)c2csc(CN3CCOCC3)n2)CC1. The molecular weight excluding hydrogens is 376 g/mol. The Balaban J connectivity index is 1.34. The van der Waals surface area contributed by atoms with Crippen molar-refractivity contribution >= 4 is 22.9 Å². The highest BCUT2D eigenvalue weighted by atomic mass is 32.1. The summed E-state index contributed by atoms with van der Waals surface area (Å²) in [5.41, 5.74) is 1.65. The van der Waals surface area contributed by atoms with Crippen molar-refractivity contribution in [2.75, 3.05) is 64.5 Å². The minimum Gasteiger partial charge on any atom is -0.495 e. The molecule has 1 amide bonds. The Kier molecular flexibility index (Phi) is 6.09. The van der Waals surface area contributed by atoms with Crippen molar-refractivity contribution in [1.29, 1.82) is 0 Å². The maximum atomic E-state index is 12.9. The highest BCUT2D eigenvalue weighted by molar-refractivity contribution is 7.09. The van der Waals surface area contributed by atoms with Gasteiger partial charge in [-0.25, -0.2) is 4.98 Å². The van der Waals surface area contributed by atoms with Crippen LogP contribution in [0.4, 0.5) is 5.69 Å². The van der Waals surface area contributed by atoms with Gasteiger partial charge in [-0.15, -0.1) is 11.3 Å². The highest BCUT2D eigenvalue weighted by Gasteiger charge is 2.25. The van der Waals surface area contributed by atoms with E-state index in [4.69, 9.17) is 9.47 Å². The first-order valence-corrected chi connectivity index (χ1v) is 10.5. The summed E-state index contributed by atoms with van der Waals surface area (Å²) in [6.07, 6.45) is 0. The van der Waals surface area contributed by atoms with Crippen LogP contribution >= 0.6 is 11.3 Å². The van der Waals surface area contributed by atoms with Gasteiger partial charge >= 0.3 is 0 Å². The molecule has 2 saturated heterocycles. The van der Waals surface area contributed by atoms with Gasteiger partial charge in [-0.2, -0.15) is 0 Å². The maximum Gasteiger partial charge on any atom is 0.273 e. The number of benzene rings is 1. The van der Waals surface area contributed by atoms with E-state index in [1.165, 1.54) is 0 Å². The molecule has 2 aliphatic heterocycles.